The molecule has 0 atom stereocenters. The number of halogens is 2. The van der Waals surface area contributed by atoms with Gasteiger partial charge in [0.2, 0.25) is 0 Å². The maximum absolute atomic E-state index is 11.6. The summed E-state index contributed by atoms with van der Waals surface area (Å²) in [7, 11) is 0. The van der Waals surface area contributed by atoms with Crippen molar-refractivity contribution in [3.8, 4) is 0 Å². The van der Waals surface area contributed by atoms with E-state index < -0.39 is 13.0 Å². The zero-order chi connectivity index (χ0) is 8.91. The number of hydrogen-bond acceptors (Lipinski definition) is 2. The molecule has 0 rings (SSSR count). The zero-order valence-electron chi connectivity index (χ0n) is 6.81. The average Bonchev–Trinajstić information content (AvgIpc) is 1.87. The van der Waals surface area contributed by atoms with E-state index in [4.69, 9.17) is 4.74 Å². The van der Waals surface area contributed by atoms with Crippen LogP contribution in [-0.2, 0) is 4.74 Å². The largest absolute Gasteiger partial charge is 0.375 e. The molecule has 0 unspecified atom stereocenters. The highest BCUT2D eigenvalue weighted by Crippen LogP contribution is 2.16. The number of ether oxygens (including phenoxy) is 1. The van der Waals surface area contributed by atoms with Crippen molar-refractivity contribution in [2.75, 3.05) is 19.0 Å². The van der Waals surface area contributed by atoms with Crippen molar-refractivity contribution in [1.82, 2.24) is 0 Å². The van der Waals surface area contributed by atoms with Crippen molar-refractivity contribution in [1.29, 1.82) is 0 Å². The van der Waals surface area contributed by atoms with Crippen LogP contribution in [-0.4, -0.2) is 25.4 Å². The Bertz CT molecular complexity index is 107. The van der Waals surface area contributed by atoms with Gasteiger partial charge in [-0.3, -0.25) is 0 Å². The van der Waals surface area contributed by atoms with Crippen LogP contribution in [0.2, 0.25) is 0 Å². The van der Waals surface area contributed by atoms with E-state index >= 15 is 0 Å². The summed E-state index contributed by atoms with van der Waals surface area (Å²) in [6, 6.07) is 0. The summed E-state index contributed by atoms with van der Waals surface area (Å²) in [5.41, 5.74) is -0.113. The van der Waals surface area contributed by atoms with Gasteiger partial charge in [0.25, 0.3) is 6.43 Å². The smallest absolute Gasteiger partial charge is 0.261 e. The average molecular weight is 184 g/mol. The first-order chi connectivity index (χ1) is 4.98. The molecule has 0 aromatic heterocycles. The standard InChI is InChI=1S/C7H14F2OS/c1-7(2,5-11)4-10-3-6(8)9/h6,11H,3-5H2,1-2H3. The van der Waals surface area contributed by atoms with Crippen molar-refractivity contribution in [3.05, 3.63) is 0 Å². The Balaban J connectivity index is 3.38. The van der Waals surface area contributed by atoms with Crippen molar-refractivity contribution < 1.29 is 13.5 Å². The van der Waals surface area contributed by atoms with Gasteiger partial charge >= 0.3 is 0 Å². The number of alkyl halides is 2. The third kappa shape index (κ3) is 6.56. The lowest BCUT2D eigenvalue weighted by Gasteiger charge is -2.21. The molecule has 1 nitrogen and oxygen atoms in total. The topological polar surface area (TPSA) is 9.23 Å². The third-order valence-electron chi connectivity index (χ3n) is 1.16. The predicted molar refractivity (Wildman–Crippen MR) is 44.5 cm³/mol. The van der Waals surface area contributed by atoms with Gasteiger partial charge in [0, 0.05) is 0 Å². The molecule has 0 saturated carbocycles. The fraction of sp³-hybridized carbons (Fsp3) is 1.00. The van der Waals surface area contributed by atoms with Gasteiger partial charge in [-0.15, -0.1) is 0 Å². The minimum Gasteiger partial charge on any atom is -0.375 e. The highest BCUT2D eigenvalue weighted by atomic mass is 32.1. The Kier molecular flexibility index (Phi) is 5.01. The molecule has 0 aliphatic carbocycles. The minimum atomic E-state index is -2.37. The first kappa shape index (κ1) is 11.2. The van der Waals surface area contributed by atoms with E-state index in [0.717, 1.165) is 0 Å². The third-order valence-corrected chi connectivity index (χ3v) is 2.02. The molecule has 0 heterocycles. The van der Waals surface area contributed by atoms with Gasteiger partial charge in [-0.05, 0) is 11.2 Å². The summed E-state index contributed by atoms with van der Waals surface area (Å²) in [6.07, 6.45) is -2.37. The molecule has 0 bridgehead atoms. The van der Waals surface area contributed by atoms with E-state index in [2.05, 4.69) is 12.6 Å². The summed E-state index contributed by atoms with van der Waals surface area (Å²) >= 11 is 4.06. The van der Waals surface area contributed by atoms with Crippen molar-refractivity contribution in [2.45, 2.75) is 20.3 Å². The van der Waals surface area contributed by atoms with E-state index in [1.165, 1.54) is 0 Å². The molecule has 4 heteroatoms. The van der Waals surface area contributed by atoms with Crippen LogP contribution in [0.3, 0.4) is 0 Å². The second kappa shape index (κ2) is 4.93. The summed E-state index contributed by atoms with van der Waals surface area (Å²) in [5, 5.41) is 0. The van der Waals surface area contributed by atoms with Crippen LogP contribution in [0.25, 0.3) is 0 Å². The van der Waals surface area contributed by atoms with E-state index in [-0.39, 0.29) is 5.41 Å². The van der Waals surface area contributed by atoms with Crippen LogP contribution in [0.5, 0.6) is 0 Å². The first-order valence-corrected chi connectivity index (χ1v) is 4.08. The fourth-order valence-corrected chi connectivity index (χ4v) is 0.561. The Morgan fingerprint density at radius 2 is 2.00 bits per heavy atom. The van der Waals surface area contributed by atoms with Gasteiger partial charge in [0.15, 0.2) is 0 Å². The first-order valence-electron chi connectivity index (χ1n) is 3.45. The van der Waals surface area contributed by atoms with Crippen LogP contribution in [0.4, 0.5) is 8.78 Å². The lowest BCUT2D eigenvalue weighted by molar-refractivity contribution is -0.00748. The molecule has 0 radical (unpaired) electrons. The molecule has 68 valence electrons. The second-order valence-corrected chi connectivity index (χ2v) is 3.54. The number of thiol groups is 1. The molecule has 0 amide bonds. The summed E-state index contributed by atoms with van der Waals surface area (Å²) < 4.78 is 27.9. The molecular weight excluding hydrogens is 170 g/mol. The van der Waals surface area contributed by atoms with Gasteiger partial charge in [0.1, 0.15) is 6.61 Å². The Labute approximate surface area is 71.5 Å². The molecule has 0 aliphatic heterocycles. The Morgan fingerprint density at radius 3 is 2.36 bits per heavy atom. The van der Waals surface area contributed by atoms with Crippen molar-refractivity contribution in [3.63, 3.8) is 0 Å². The molecule has 0 N–H and O–H groups in total. The second-order valence-electron chi connectivity index (χ2n) is 3.23. The van der Waals surface area contributed by atoms with Crippen LogP contribution in [0.1, 0.15) is 13.8 Å². The summed E-state index contributed by atoms with van der Waals surface area (Å²) in [5.74, 6) is 0.635. The zero-order valence-corrected chi connectivity index (χ0v) is 7.70. The van der Waals surface area contributed by atoms with Gasteiger partial charge in [-0.2, -0.15) is 12.6 Å². The Hall–Kier alpha value is 0.170. The molecule has 0 saturated heterocycles. The van der Waals surface area contributed by atoms with Crippen LogP contribution in [0, 0.1) is 5.41 Å². The van der Waals surface area contributed by atoms with Crippen molar-refractivity contribution >= 4 is 12.6 Å². The van der Waals surface area contributed by atoms with Gasteiger partial charge < -0.3 is 4.74 Å². The highest BCUT2D eigenvalue weighted by Gasteiger charge is 2.16. The maximum Gasteiger partial charge on any atom is 0.261 e. The molecule has 0 spiro atoms. The molecule has 0 aliphatic rings. The van der Waals surface area contributed by atoms with Gasteiger partial charge in [-0.1, -0.05) is 13.8 Å². The van der Waals surface area contributed by atoms with E-state index in [1.807, 2.05) is 13.8 Å². The quantitative estimate of drug-likeness (QED) is 0.645. The number of hydrogen-bond donors (Lipinski definition) is 1. The monoisotopic (exact) mass is 184 g/mol. The molecule has 0 aromatic carbocycles. The minimum absolute atomic E-state index is 0.113. The van der Waals surface area contributed by atoms with Gasteiger partial charge in [-0.25, -0.2) is 8.78 Å². The fourth-order valence-electron chi connectivity index (χ4n) is 0.470. The van der Waals surface area contributed by atoms with E-state index in [9.17, 15) is 8.78 Å². The Morgan fingerprint density at radius 1 is 1.45 bits per heavy atom. The van der Waals surface area contributed by atoms with E-state index in [1.54, 1.807) is 0 Å². The predicted octanol–water partition coefficient (Wildman–Crippen LogP) is 2.22. The van der Waals surface area contributed by atoms with Crippen LogP contribution < -0.4 is 0 Å². The van der Waals surface area contributed by atoms with E-state index in [0.29, 0.717) is 12.4 Å². The van der Waals surface area contributed by atoms with Crippen LogP contribution >= 0.6 is 12.6 Å². The number of rotatable bonds is 5. The lowest BCUT2D eigenvalue weighted by atomic mass is 9.98. The molecular formula is C7H14F2OS. The van der Waals surface area contributed by atoms with Crippen LogP contribution in [0.15, 0.2) is 0 Å². The molecule has 11 heavy (non-hydrogen) atoms. The van der Waals surface area contributed by atoms with Gasteiger partial charge in [0.05, 0.1) is 6.61 Å². The maximum atomic E-state index is 11.6. The normalized spacial score (nSPS) is 12.5. The van der Waals surface area contributed by atoms with Crippen molar-refractivity contribution in [2.24, 2.45) is 5.41 Å². The summed E-state index contributed by atoms with van der Waals surface area (Å²) in [6.45, 7) is 3.70. The SMILES string of the molecule is CC(C)(CS)COCC(F)F. The molecule has 0 aromatic rings. The highest BCUT2D eigenvalue weighted by molar-refractivity contribution is 7.80. The lowest BCUT2D eigenvalue weighted by Crippen LogP contribution is -2.22. The molecule has 0 fully saturated rings. The summed E-state index contributed by atoms with van der Waals surface area (Å²) in [4.78, 5) is 0.